The summed E-state index contributed by atoms with van der Waals surface area (Å²) in [5, 5.41) is 2.72. The Balaban J connectivity index is 1.83. The Bertz CT molecular complexity index is 1200. The number of alkyl halides is 1. The predicted octanol–water partition coefficient (Wildman–Crippen LogP) is 6.32. The maximum Gasteiger partial charge on any atom is 0.408 e. The van der Waals surface area contributed by atoms with Gasteiger partial charge in [-0.2, -0.15) is 0 Å². The van der Waals surface area contributed by atoms with Crippen LogP contribution in [0, 0.1) is 0 Å². The van der Waals surface area contributed by atoms with Crippen molar-refractivity contribution >= 4 is 29.3 Å². The fraction of sp³-hybridized carbons (Fsp3) is 0.259. The molecule has 5 nitrogen and oxygen atoms in total. The molecule has 0 saturated heterocycles. The molecule has 0 unspecified atom stereocenters. The molecule has 2 amide bonds. The number of alkyl carbamates (subject to hydrolysis) is 1. The van der Waals surface area contributed by atoms with Gasteiger partial charge in [0.1, 0.15) is 11.6 Å². The summed E-state index contributed by atoms with van der Waals surface area (Å²) in [5.74, 6) is -0.802. The van der Waals surface area contributed by atoms with Gasteiger partial charge in [0.25, 0.3) is 5.91 Å². The molecule has 34 heavy (non-hydrogen) atoms. The van der Waals surface area contributed by atoms with E-state index in [4.69, 9.17) is 16.3 Å². The van der Waals surface area contributed by atoms with E-state index in [9.17, 15) is 9.59 Å². The van der Waals surface area contributed by atoms with Gasteiger partial charge in [-0.3, -0.25) is 4.79 Å². The number of anilines is 1. The van der Waals surface area contributed by atoms with Gasteiger partial charge in [0.15, 0.2) is 0 Å². The number of carbonyl (C=O) groups excluding carboxylic acids is 2. The lowest BCUT2D eigenvalue weighted by Gasteiger charge is -2.32. The zero-order valence-corrected chi connectivity index (χ0v) is 20.0. The molecule has 0 aromatic heterocycles. The maximum absolute atomic E-state index is 17.3. The number of amides is 2. The van der Waals surface area contributed by atoms with Gasteiger partial charge in [-0.05, 0) is 44.0 Å². The zero-order chi connectivity index (χ0) is 24.5. The number of hydrogen-bond acceptors (Lipinski definition) is 3. The van der Waals surface area contributed by atoms with Crippen molar-refractivity contribution < 1.29 is 18.7 Å². The van der Waals surface area contributed by atoms with Gasteiger partial charge in [-0.15, -0.1) is 0 Å². The third-order valence-electron chi connectivity index (χ3n) is 5.58. The molecule has 3 aromatic rings. The number of nitrogens with one attached hydrogen (secondary N) is 1. The average Bonchev–Trinajstić information content (AvgIpc) is 3.01. The van der Waals surface area contributed by atoms with Gasteiger partial charge in [0, 0.05) is 10.6 Å². The first kappa shape index (κ1) is 23.8. The maximum atomic E-state index is 17.3. The first-order valence-corrected chi connectivity index (χ1v) is 11.4. The lowest BCUT2D eigenvalue weighted by molar-refractivity contribution is -0.131. The van der Waals surface area contributed by atoms with Crippen molar-refractivity contribution in [2.45, 2.75) is 44.6 Å². The van der Waals surface area contributed by atoms with Gasteiger partial charge in [-0.1, -0.05) is 78.3 Å². The van der Waals surface area contributed by atoms with Crippen LogP contribution in [0.4, 0.5) is 14.9 Å². The molecule has 3 aromatic carbocycles. The first-order valence-electron chi connectivity index (χ1n) is 11.0. The van der Waals surface area contributed by atoms with Crippen LogP contribution >= 0.6 is 11.6 Å². The Morgan fingerprint density at radius 1 is 1.03 bits per heavy atom. The number of fused-ring (bicyclic) bond motifs is 1. The standard InChI is InChI=1S/C27H26ClFN2O3/c1-26(2,3)34-25(33)30-23(19-13-8-5-9-14-19)27(29)22-20(28)15-10-16-21(22)31(24(27)32)17-18-11-6-4-7-12-18/h4-16,23H,17H2,1-3H3,(H,30,33)/t23-,27-/m0/s1. The van der Waals surface area contributed by atoms with Crippen molar-refractivity contribution in [3.05, 3.63) is 101 Å². The van der Waals surface area contributed by atoms with Gasteiger partial charge >= 0.3 is 6.09 Å². The minimum Gasteiger partial charge on any atom is -0.444 e. The van der Waals surface area contributed by atoms with Crippen LogP contribution in [-0.2, 0) is 21.7 Å². The molecule has 0 spiro atoms. The van der Waals surface area contributed by atoms with Crippen LogP contribution in [0.2, 0.25) is 5.02 Å². The monoisotopic (exact) mass is 480 g/mol. The van der Waals surface area contributed by atoms with Crippen molar-refractivity contribution in [1.29, 1.82) is 0 Å². The Labute approximate surface area is 203 Å². The summed E-state index contributed by atoms with van der Waals surface area (Å²) >= 11 is 6.50. The highest BCUT2D eigenvalue weighted by Gasteiger charge is 2.59. The molecule has 1 N–H and O–H groups in total. The van der Waals surface area contributed by atoms with Crippen LogP contribution in [0.5, 0.6) is 0 Å². The van der Waals surface area contributed by atoms with Gasteiger partial charge in [0.05, 0.1) is 12.2 Å². The SMILES string of the molecule is CC(C)(C)OC(=O)N[C@@H](c1ccccc1)[C@]1(F)C(=O)N(Cc2ccccc2)c2cccc(Cl)c21. The molecule has 7 heteroatoms. The Morgan fingerprint density at radius 2 is 1.65 bits per heavy atom. The fourth-order valence-corrected chi connectivity index (χ4v) is 4.49. The average molecular weight is 481 g/mol. The lowest BCUT2D eigenvalue weighted by Crippen LogP contribution is -2.48. The second kappa shape index (κ2) is 9.11. The molecule has 1 aliphatic heterocycles. The van der Waals surface area contributed by atoms with Crippen LogP contribution in [0.25, 0.3) is 0 Å². The molecule has 0 saturated carbocycles. The molecule has 1 heterocycles. The molecule has 0 radical (unpaired) electrons. The summed E-state index contributed by atoms with van der Waals surface area (Å²) in [7, 11) is 0. The van der Waals surface area contributed by atoms with E-state index in [1.807, 2.05) is 30.3 Å². The normalized spacial score (nSPS) is 18.4. The van der Waals surface area contributed by atoms with E-state index in [1.54, 1.807) is 69.3 Å². The van der Waals surface area contributed by atoms with E-state index >= 15 is 4.39 Å². The number of rotatable bonds is 5. The second-order valence-corrected chi connectivity index (χ2v) is 9.62. The molecular formula is C27H26ClFN2O3. The minimum atomic E-state index is -2.65. The molecule has 4 rings (SSSR count). The number of hydrogen-bond donors (Lipinski definition) is 1. The summed E-state index contributed by atoms with van der Waals surface area (Å²) in [6, 6.07) is 21.4. The van der Waals surface area contributed by atoms with Crippen molar-refractivity contribution in [1.82, 2.24) is 5.32 Å². The predicted molar refractivity (Wildman–Crippen MR) is 130 cm³/mol. The van der Waals surface area contributed by atoms with Crippen LogP contribution < -0.4 is 10.2 Å². The largest absolute Gasteiger partial charge is 0.444 e. The molecular weight excluding hydrogens is 455 g/mol. The van der Waals surface area contributed by atoms with E-state index in [2.05, 4.69) is 5.32 Å². The quantitative estimate of drug-likeness (QED) is 0.465. The van der Waals surface area contributed by atoms with Crippen LogP contribution in [0.3, 0.4) is 0 Å². The zero-order valence-electron chi connectivity index (χ0n) is 19.2. The Kier molecular flexibility index (Phi) is 6.36. The minimum absolute atomic E-state index is 0.0301. The van der Waals surface area contributed by atoms with Gasteiger partial charge in [-0.25, -0.2) is 9.18 Å². The summed E-state index contributed by atoms with van der Waals surface area (Å²) < 4.78 is 22.7. The van der Waals surface area contributed by atoms with Gasteiger partial charge < -0.3 is 15.0 Å². The van der Waals surface area contributed by atoms with E-state index in [-0.39, 0.29) is 17.1 Å². The van der Waals surface area contributed by atoms with Crippen molar-refractivity contribution in [2.24, 2.45) is 0 Å². The summed E-state index contributed by atoms with van der Waals surface area (Å²) in [6.45, 7) is 5.30. The van der Waals surface area contributed by atoms with Crippen LogP contribution in [0.15, 0.2) is 78.9 Å². The molecule has 2 atom stereocenters. The highest BCUT2D eigenvalue weighted by molar-refractivity contribution is 6.33. The lowest BCUT2D eigenvalue weighted by atomic mass is 9.85. The summed E-state index contributed by atoms with van der Waals surface area (Å²) in [5.41, 5.74) is -1.80. The smallest absolute Gasteiger partial charge is 0.408 e. The number of nitrogens with zero attached hydrogens (tertiary/aromatic N) is 1. The van der Waals surface area contributed by atoms with Crippen molar-refractivity contribution in [3.63, 3.8) is 0 Å². The molecule has 176 valence electrons. The number of halogens is 2. The van der Waals surface area contributed by atoms with E-state index in [0.29, 0.717) is 11.3 Å². The van der Waals surface area contributed by atoms with Crippen molar-refractivity contribution in [3.8, 4) is 0 Å². The van der Waals surface area contributed by atoms with Crippen LogP contribution in [-0.4, -0.2) is 17.6 Å². The Hall–Kier alpha value is -3.38. The third-order valence-corrected chi connectivity index (χ3v) is 5.89. The first-order chi connectivity index (χ1) is 16.1. The van der Waals surface area contributed by atoms with E-state index < -0.39 is 29.3 Å². The molecule has 0 bridgehead atoms. The summed E-state index contributed by atoms with van der Waals surface area (Å²) in [4.78, 5) is 28.0. The third kappa shape index (κ3) is 4.50. The topological polar surface area (TPSA) is 58.6 Å². The number of carbonyl (C=O) groups is 2. The second-order valence-electron chi connectivity index (χ2n) is 9.21. The molecule has 0 fully saturated rings. The van der Waals surface area contributed by atoms with Crippen molar-refractivity contribution in [2.75, 3.05) is 4.90 Å². The molecule has 1 aliphatic rings. The highest BCUT2D eigenvalue weighted by Crippen LogP contribution is 2.53. The van der Waals surface area contributed by atoms with E-state index in [1.165, 1.54) is 4.90 Å². The number of ether oxygens (including phenoxy) is 1. The molecule has 0 aliphatic carbocycles. The summed E-state index contributed by atoms with van der Waals surface area (Å²) in [6.07, 6.45) is -0.832. The highest BCUT2D eigenvalue weighted by atomic mass is 35.5. The van der Waals surface area contributed by atoms with E-state index in [0.717, 1.165) is 5.56 Å². The fourth-order valence-electron chi connectivity index (χ4n) is 4.18. The Morgan fingerprint density at radius 3 is 2.26 bits per heavy atom. The van der Waals surface area contributed by atoms with Crippen LogP contribution in [0.1, 0.15) is 43.5 Å². The number of benzene rings is 3. The van der Waals surface area contributed by atoms with Gasteiger partial charge in [0.2, 0.25) is 5.67 Å².